The summed E-state index contributed by atoms with van der Waals surface area (Å²) in [5.41, 5.74) is 2.72. The van der Waals surface area contributed by atoms with Gasteiger partial charge in [-0.1, -0.05) is 47.1 Å². The van der Waals surface area contributed by atoms with Crippen LogP contribution in [0, 0.1) is 12.7 Å². The van der Waals surface area contributed by atoms with Crippen LogP contribution in [0.3, 0.4) is 0 Å². The highest BCUT2D eigenvalue weighted by Gasteiger charge is 2.27. The Labute approximate surface area is 152 Å². The first-order valence-corrected chi connectivity index (χ1v) is 8.53. The first-order chi connectivity index (χ1) is 12.6. The lowest BCUT2D eigenvalue weighted by Gasteiger charge is -2.23. The molecule has 2 aromatic rings. The fourth-order valence-corrected chi connectivity index (χ4v) is 2.90. The Bertz CT molecular complexity index is 830. The molecule has 1 amide bonds. The summed E-state index contributed by atoms with van der Waals surface area (Å²) in [5, 5.41) is 4.02. The Morgan fingerprint density at radius 3 is 2.73 bits per heavy atom. The summed E-state index contributed by atoms with van der Waals surface area (Å²) in [7, 11) is 0. The van der Waals surface area contributed by atoms with E-state index in [1.165, 1.54) is 6.07 Å². The van der Waals surface area contributed by atoms with Crippen molar-refractivity contribution in [3.8, 4) is 0 Å². The second-order valence-electron chi connectivity index (χ2n) is 6.31. The number of carbonyl (C=O) groups is 1. The molecule has 0 spiro atoms. The zero-order chi connectivity index (χ0) is 18.5. The number of benzene rings is 2. The van der Waals surface area contributed by atoms with E-state index in [1.54, 1.807) is 29.2 Å². The van der Waals surface area contributed by atoms with E-state index in [2.05, 4.69) is 11.7 Å². The zero-order valence-electron chi connectivity index (χ0n) is 14.7. The number of amides is 1. The summed E-state index contributed by atoms with van der Waals surface area (Å²) in [6.07, 6.45) is 1.83. The van der Waals surface area contributed by atoms with Crippen molar-refractivity contribution in [3.63, 3.8) is 0 Å². The summed E-state index contributed by atoms with van der Waals surface area (Å²) in [4.78, 5) is 19.9. The number of oxime groups is 1. The van der Waals surface area contributed by atoms with Gasteiger partial charge in [-0.25, -0.2) is 4.39 Å². The summed E-state index contributed by atoms with van der Waals surface area (Å²) in [6, 6.07) is 13.9. The van der Waals surface area contributed by atoms with E-state index in [9.17, 15) is 9.18 Å². The van der Waals surface area contributed by atoms with E-state index in [4.69, 9.17) is 4.84 Å². The molecular weight excluding hydrogens is 331 g/mol. The highest BCUT2D eigenvalue weighted by Crippen LogP contribution is 2.20. The largest absolute Gasteiger partial charge is 0.390 e. The van der Waals surface area contributed by atoms with Crippen molar-refractivity contribution in [3.05, 3.63) is 83.7 Å². The third-order valence-electron chi connectivity index (χ3n) is 4.28. The number of hydrogen-bond acceptors (Lipinski definition) is 3. The van der Waals surface area contributed by atoms with E-state index in [0.29, 0.717) is 36.3 Å². The zero-order valence-corrected chi connectivity index (χ0v) is 14.7. The molecule has 1 atom stereocenters. The molecule has 0 saturated carbocycles. The molecule has 0 radical (unpaired) electrons. The minimum Gasteiger partial charge on any atom is -0.390 e. The molecule has 0 fully saturated rings. The molecule has 5 heteroatoms. The van der Waals surface area contributed by atoms with Gasteiger partial charge in [0, 0.05) is 24.1 Å². The molecule has 4 nitrogen and oxygen atoms in total. The Morgan fingerprint density at radius 2 is 2.04 bits per heavy atom. The maximum Gasteiger partial charge on any atom is 0.254 e. The van der Waals surface area contributed by atoms with Crippen molar-refractivity contribution >= 4 is 11.6 Å². The maximum atomic E-state index is 13.9. The van der Waals surface area contributed by atoms with Crippen LogP contribution < -0.4 is 0 Å². The van der Waals surface area contributed by atoms with Gasteiger partial charge in [0.05, 0.1) is 12.3 Å². The third kappa shape index (κ3) is 3.99. The molecule has 3 rings (SSSR count). The minimum atomic E-state index is -0.325. The van der Waals surface area contributed by atoms with Crippen LogP contribution >= 0.6 is 0 Å². The highest BCUT2D eigenvalue weighted by atomic mass is 19.1. The number of rotatable bonds is 6. The fourth-order valence-electron chi connectivity index (χ4n) is 2.90. The lowest BCUT2D eigenvalue weighted by Crippen LogP contribution is -2.37. The molecule has 0 bridgehead atoms. The summed E-state index contributed by atoms with van der Waals surface area (Å²) in [6.45, 7) is 6.47. The first-order valence-electron chi connectivity index (χ1n) is 8.53. The van der Waals surface area contributed by atoms with Crippen LogP contribution in [-0.4, -0.2) is 35.7 Å². The fraction of sp³-hybridized carbons (Fsp3) is 0.238. The van der Waals surface area contributed by atoms with Crippen LogP contribution in [0.5, 0.6) is 0 Å². The Hall–Kier alpha value is -2.95. The molecule has 2 aromatic carbocycles. The van der Waals surface area contributed by atoms with Gasteiger partial charge in [-0.05, 0) is 25.1 Å². The van der Waals surface area contributed by atoms with E-state index >= 15 is 0 Å². The molecular formula is C21H21FN2O2. The van der Waals surface area contributed by atoms with Crippen molar-refractivity contribution in [1.82, 2.24) is 4.90 Å². The lowest BCUT2D eigenvalue weighted by molar-refractivity contribution is 0.0450. The quantitative estimate of drug-likeness (QED) is 0.739. The van der Waals surface area contributed by atoms with Crippen molar-refractivity contribution in [2.75, 3.05) is 13.1 Å². The summed E-state index contributed by atoms with van der Waals surface area (Å²) < 4.78 is 13.9. The van der Waals surface area contributed by atoms with E-state index in [1.807, 2.05) is 31.2 Å². The highest BCUT2D eigenvalue weighted by molar-refractivity contribution is 6.01. The van der Waals surface area contributed by atoms with Gasteiger partial charge in [0.1, 0.15) is 5.82 Å². The SMILES string of the molecule is C=CCN(CC1CC(c2ccccc2F)=NO1)C(=O)c1ccc(C)cc1. The van der Waals surface area contributed by atoms with Crippen molar-refractivity contribution in [2.45, 2.75) is 19.4 Å². The second kappa shape index (κ2) is 7.95. The van der Waals surface area contributed by atoms with Crippen LogP contribution in [0.1, 0.15) is 27.9 Å². The molecule has 134 valence electrons. The van der Waals surface area contributed by atoms with Crippen LogP contribution in [0.4, 0.5) is 4.39 Å². The predicted molar refractivity (Wildman–Crippen MR) is 99.7 cm³/mol. The van der Waals surface area contributed by atoms with Crippen LogP contribution in [0.15, 0.2) is 66.3 Å². The van der Waals surface area contributed by atoms with Gasteiger partial charge in [0.2, 0.25) is 0 Å². The maximum absolute atomic E-state index is 13.9. The Balaban J connectivity index is 1.68. The van der Waals surface area contributed by atoms with Gasteiger partial charge >= 0.3 is 0 Å². The Kier molecular flexibility index (Phi) is 5.46. The van der Waals surface area contributed by atoms with Gasteiger partial charge in [-0.3, -0.25) is 4.79 Å². The van der Waals surface area contributed by atoms with Gasteiger partial charge in [0.15, 0.2) is 6.10 Å². The summed E-state index contributed by atoms with van der Waals surface area (Å²) in [5.74, 6) is -0.415. The van der Waals surface area contributed by atoms with E-state index in [0.717, 1.165) is 5.56 Å². The summed E-state index contributed by atoms with van der Waals surface area (Å²) >= 11 is 0. The topological polar surface area (TPSA) is 41.9 Å². The molecule has 1 unspecified atom stereocenters. The average molecular weight is 352 g/mol. The van der Waals surface area contributed by atoms with E-state index in [-0.39, 0.29) is 17.8 Å². The van der Waals surface area contributed by atoms with Crippen molar-refractivity contribution < 1.29 is 14.0 Å². The molecule has 1 heterocycles. The molecule has 0 aromatic heterocycles. The third-order valence-corrected chi connectivity index (χ3v) is 4.28. The molecule has 1 aliphatic rings. The normalized spacial score (nSPS) is 15.9. The van der Waals surface area contributed by atoms with Crippen molar-refractivity contribution in [1.29, 1.82) is 0 Å². The number of aryl methyl sites for hydroxylation is 1. The minimum absolute atomic E-state index is 0.0900. The standard InChI is InChI=1S/C21H21FN2O2/c1-3-12-24(21(25)16-10-8-15(2)9-11-16)14-17-13-20(23-26-17)18-6-4-5-7-19(18)22/h3-11,17H,1,12-14H2,2H3. The molecule has 0 saturated heterocycles. The number of hydrogen-bond donors (Lipinski definition) is 0. The number of carbonyl (C=O) groups excluding carboxylic acids is 1. The van der Waals surface area contributed by atoms with Crippen LogP contribution in [0.25, 0.3) is 0 Å². The monoisotopic (exact) mass is 352 g/mol. The molecule has 0 aliphatic carbocycles. The number of halogens is 1. The van der Waals surface area contributed by atoms with Gasteiger partial charge < -0.3 is 9.74 Å². The number of nitrogens with zero attached hydrogens (tertiary/aromatic N) is 2. The molecule has 1 aliphatic heterocycles. The van der Waals surface area contributed by atoms with Crippen LogP contribution in [-0.2, 0) is 4.84 Å². The smallest absolute Gasteiger partial charge is 0.254 e. The van der Waals surface area contributed by atoms with Gasteiger partial charge in [0.25, 0.3) is 5.91 Å². The average Bonchev–Trinajstić information content (AvgIpc) is 3.10. The van der Waals surface area contributed by atoms with Gasteiger partial charge in [-0.15, -0.1) is 6.58 Å². The van der Waals surface area contributed by atoms with Gasteiger partial charge in [-0.2, -0.15) is 0 Å². The lowest BCUT2D eigenvalue weighted by atomic mass is 10.0. The first kappa shape index (κ1) is 17.9. The van der Waals surface area contributed by atoms with Crippen molar-refractivity contribution in [2.24, 2.45) is 5.16 Å². The second-order valence-corrected chi connectivity index (χ2v) is 6.31. The molecule has 0 N–H and O–H groups in total. The predicted octanol–water partition coefficient (Wildman–Crippen LogP) is 3.96. The van der Waals surface area contributed by atoms with Crippen LogP contribution in [0.2, 0.25) is 0 Å². The molecule has 26 heavy (non-hydrogen) atoms. The Morgan fingerprint density at radius 1 is 1.31 bits per heavy atom. The van der Waals surface area contributed by atoms with E-state index < -0.39 is 0 Å².